The molecule has 1 aliphatic rings. The van der Waals surface area contributed by atoms with Gasteiger partial charge in [0.25, 0.3) is 5.91 Å². The van der Waals surface area contributed by atoms with Crippen molar-refractivity contribution >= 4 is 15.9 Å². The van der Waals surface area contributed by atoms with Gasteiger partial charge in [-0.15, -0.1) is 0 Å². The van der Waals surface area contributed by atoms with Crippen LogP contribution >= 0.6 is 0 Å². The molecule has 202 valence electrons. The van der Waals surface area contributed by atoms with Crippen LogP contribution in [0.3, 0.4) is 0 Å². The van der Waals surface area contributed by atoms with Gasteiger partial charge < -0.3 is 19.5 Å². The Balaban J connectivity index is 1.77. The van der Waals surface area contributed by atoms with E-state index in [2.05, 4.69) is 4.98 Å². The van der Waals surface area contributed by atoms with Gasteiger partial charge in [-0.1, -0.05) is 31.2 Å². The standard InChI is InChI=1S/C28H33N3O6S/c1-19-16-31(20(2)18-32)38(34,35)27-12-11-21(23-9-5-6-10-24(23)36-4)14-25(27)37-26(19)17-30(3)28(33)22-8-7-13-29-15-22/h5-15,19-20,26,32H,16-18H2,1-4H3/t19-,20+,26+/m0/s1. The van der Waals surface area contributed by atoms with E-state index in [0.29, 0.717) is 11.3 Å². The number of hydrogen-bond donors (Lipinski definition) is 1. The van der Waals surface area contributed by atoms with E-state index in [1.54, 1.807) is 56.4 Å². The van der Waals surface area contributed by atoms with Crippen molar-refractivity contribution in [3.8, 4) is 22.6 Å². The van der Waals surface area contributed by atoms with Crippen molar-refractivity contribution in [1.29, 1.82) is 0 Å². The number of aliphatic hydroxyl groups is 1. The van der Waals surface area contributed by atoms with E-state index in [1.807, 2.05) is 31.2 Å². The first-order valence-corrected chi connectivity index (χ1v) is 13.8. The number of carbonyl (C=O) groups excluding carboxylic acids is 1. The molecule has 1 aliphatic heterocycles. The van der Waals surface area contributed by atoms with E-state index >= 15 is 0 Å². The van der Waals surface area contributed by atoms with Crippen LogP contribution in [-0.2, 0) is 10.0 Å². The topological polar surface area (TPSA) is 109 Å². The number of sulfonamides is 1. The maximum Gasteiger partial charge on any atom is 0.255 e. The fourth-order valence-corrected chi connectivity index (χ4v) is 6.38. The van der Waals surface area contributed by atoms with E-state index < -0.39 is 22.2 Å². The number of nitrogens with zero attached hydrogens (tertiary/aromatic N) is 3. The molecule has 2 aromatic carbocycles. The van der Waals surface area contributed by atoms with Crippen LogP contribution in [0, 0.1) is 5.92 Å². The molecule has 3 aromatic rings. The highest BCUT2D eigenvalue weighted by atomic mass is 32.2. The maximum atomic E-state index is 13.8. The van der Waals surface area contributed by atoms with E-state index in [1.165, 1.54) is 16.6 Å². The number of methoxy groups -OCH3 is 1. The molecule has 0 fully saturated rings. The van der Waals surface area contributed by atoms with Crippen LogP contribution in [0.25, 0.3) is 11.1 Å². The smallest absolute Gasteiger partial charge is 0.255 e. The van der Waals surface area contributed by atoms with Gasteiger partial charge in [0.1, 0.15) is 22.5 Å². The number of aliphatic hydroxyl groups excluding tert-OH is 1. The van der Waals surface area contributed by atoms with Gasteiger partial charge in [0.15, 0.2) is 0 Å². The van der Waals surface area contributed by atoms with Crippen molar-refractivity contribution in [3.63, 3.8) is 0 Å². The molecule has 0 saturated heterocycles. The van der Waals surface area contributed by atoms with Crippen LogP contribution in [0.1, 0.15) is 24.2 Å². The minimum absolute atomic E-state index is 0.00888. The van der Waals surface area contributed by atoms with Crippen molar-refractivity contribution in [1.82, 2.24) is 14.2 Å². The summed E-state index contributed by atoms with van der Waals surface area (Å²) in [7, 11) is -0.725. The van der Waals surface area contributed by atoms with E-state index in [9.17, 15) is 18.3 Å². The lowest BCUT2D eigenvalue weighted by Gasteiger charge is -2.37. The molecule has 10 heteroatoms. The highest BCUT2D eigenvalue weighted by molar-refractivity contribution is 7.89. The average Bonchev–Trinajstić information content (AvgIpc) is 2.94. The highest BCUT2D eigenvalue weighted by Gasteiger charge is 2.38. The van der Waals surface area contributed by atoms with Crippen molar-refractivity contribution in [3.05, 3.63) is 72.6 Å². The fraction of sp³-hybridized carbons (Fsp3) is 0.357. The Labute approximate surface area is 223 Å². The molecular formula is C28H33N3O6S. The third-order valence-electron chi connectivity index (χ3n) is 6.79. The Kier molecular flexibility index (Phi) is 8.35. The molecule has 9 nitrogen and oxygen atoms in total. The van der Waals surface area contributed by atoms with E-state index in [0.717, 1.165) is 11.1 Å². The van der Waals surface area contributed by atoms with Crippen LogP contribution in [0.15, 0.2) is 71.9 Å². The van der Waals surface area contributed by atoms with Crippen molar-refractivity contribution in [2.45, 2.75) is 30.9 Å². The Bertz CT molecular complexity index is 1380. The van der Waals surface area contributed by atoms with Gasteiger partial charge in [-0.05, 0) is 42.8 Å². The minimum atomic E-state index is -3.98. The van der Waals surface area contributed by atoms with Gasteiger partial charge in [-0.25, -0.2) is 8.42 Å². The SMILES string of the molecule is COc1ccccc1-c1ccc2c(c1)O[C@H](CN(C)C(=O)c1cccnc1)[C@@H](C)CN([C@H](C)CO)S2(=O)=O. The molecule has 2 heterocycles. The molecule has 0 aliphatic carbocycles. The summed E-state index contributed by atoms with van der Waals surface area (Å²) in [6, 6.07) is 15.2. The van der Waals surface area contributed by atoms with Gasteiger partial charge in [0, 0.05) is 43.5 Å². The van der Waals surface area contributed by atoms with Crippen LogP contribution in [0.4, 0.5) is 0 Å². The fourth-order valence-electron chi connectivity index (χ4n) is 4.56. The number of fused-ring (bicyclic) bond motifs is 1. The minimum Gasteiger partial charge on any atom is -0.496 e. The Morgan fingerprint density at radius 3 is 2.68 bits per heavy atom. The second-order valence-electron chi connectivity index (χ2n) is 9.53. The van der Waals surface area contributed by atoms with Crippen LogP contribution in [0.2, 0.25) is 0 Å². The van der Waals surface area contributed by atoms with Crippen molar-refractivity contribution in [2.75, 3.05) is 33.9 Å². The number of likely N-dealkylation sites (N-methyl/N-ethyl adjacent to an activating group) is 1. The molecular weight excluding hydrogens is 506 g/mol. The zero-order chi connectivity index (χ0) is 27.4. The lowest BCUT2D eigenvalue weighted by molar-refractivity contribution is 0.0563. The molecule has 0 bridgehead atoms. The number of pyridine rings is 1. The van der Waals surface area contributed by atoms with Gasteiger partial charge in [-0.3, -0.25) is 9.78 Å². The monoisotopic (exact) mass is 539 g/mol. The number of aromatic nitrogens is 1. The lowest BCUT2D eigenvalue weighted by Crippen LogP contribution is -2.50. The first-order valence-electron chi connectivity index (χ1n) is 12.4. The largest absolute Gasteiger partial charge is 0.496 e. The third-order valence-corrected chi connectivity index (χ3v) is 8.81. The van der Waals surface area contributed by atoms with Crippen LogP contribution < -0.4 is 9.47 Å². The van der Waals surface area contributed by atoms with Gasteiger partial charge in [0.05, 0.1) is 25.8 Å². The molecule has 0 spiro atoms. The Hall–Kier alpha value is -3.47. The molecule has 1 N–H and O–H groups in total. The quantitative estimate of drug-likeness (QED) is 0.491. The highest BCUT2D eigenvalue weighted by Crippen LogP contribution is 2.38. The number of ether oxygens (including phenoxy) is 2. The Morgan fingerprint density at radius 2 is 2.00 bits per heavy atom. The summed E-state index contributed by atoms with van der Waals surface area (Å²) >= 11 is 0. The van der Waals surface area contributed by atoms with E-state index in [-0.39, 0.29) is 42.2 Å². The number of hydrogen-bond acceptors (Lipinski definition) is 7. The molecule has 3 atom stereocenters. The van der Waals surface area contributed by atoms with Crippen molar-refractivity contribution in [2.24, 2.45) is 5.92 Å². The summed E-state index contributed by atoms with van der Waals surface area (Å²) in [5.74, 6) is 0.309. The number of carbonyl (C=O) groups is 1. The predicted molar refractivity (Wildman–Crippen MR) is 144 cm³/mol. The average molecular weight is 540 g/mol. The third kappa shape index (κ3) is 5.52. The van der Waals surface area contributed by atoms with Gasteiger partial charge >= 0.3 is 0 Å². The summed E-state index contributed by atoms with van der Waals surface area (Å²) in [4.78, 5) is 18.6. The first-order chi connectivity index (χ1) is 18.2. The first kappa shape index (κ1) is 27.6. The number of rotatable bonds is 7. The lowest BCUT2D eigenvalue weighted by atomic mass is 10.0. The summed E-state index contributed by atoms with van der Waals surface area (Å²) in [5.41, 5.74) is 1.96. The Morgan fingerprint density at radius 1 is 1.24 bits per heavy atom. The summed E-state index contributed by atoms with van der Waals surface area (Å²) < 4.78 is 40.8. The zero-order valence-electron chi connectivity index (χ0n) is 21.9. The maximum absolute atomic E-state index is 13.8. The summed E-state index contributed by atoms with van der Waals surface area (Å²) in [5, 5.41) is 9.87. The number of para-hydroxylation sites is 1. The molecule has 4 rings (SSSR count). The van der Waals surface area contributed by atoms with Crippen LogP contribution in [0.5, 0.6) is 11.5 Å². The second kappa shape index (κ2) is 11.5. The van der Waals surface area contributed by atoms with Gasteiger partial charge in [0.2, 0.25) is 10.0 Å². The van der Waals surface area contributed by atoms with E-state index in [4.69, 9.17) is 9.47 Å². The predicted octanol–water partition coefficient (Wildman–Crippen LogP) is 3.30. The number of amides is 1. The summed E-state index contributed by atoms with van der Waals surface area (Å²) in [6.45, 7) is 3.56. The molecule has 38 heavy (non-hydrogen) atoms. The normalized spacial score (nSPS) is 19.8. The molecule has 0 saturated carbocycles. The molecule has 1 amide bonds. The second-order valence-corrected chi connectivity index (χ2v) is 11.4. The molecule has 0 unspecified atom stereocenters. The molecule has 0 radical (unpaired) electrons. The number of benzene rings is 2. The van der Waals surface area contributed by atoms with Crippen LogP contribution in [-0.4, -0.2) is 79.6 Å². The van der Waals surface area contributed by atoms with Gasteiger partial charge in [-0.2, -0.15) is 4.31 Å². The summed E-state index contributed by atoms with van der Waals surface area (Å²) in [6.07, 6.45) is 2.58. The molecule has 1 aromatic heterocycles. The van der Waals surface area contributed by atoms with Crippen molar-refractivity contribution < 1.29 is 27.8 Å². The zero-order valence-corrected chi connectivity index (χ0v) is 22.8.